The largest absolute Gasteiger partial charge is 0.496 e. The third-order valence-corrected chi connectivity index (χ3v) is 5.65. The van der Waals surface area contributed by atoms with Crippen LogP contribution < -0.4 is 21.0 Å². The number of anilines is 1. The number of carbonyl (C=O) groups is 1. The lowest BCUT2D eigenvalue weighted by molar-refractivity contribution is -0.113. The SMILES string of the molecule is COc1ccccc1-c1nnc(SCC(=O)Nc2cccc(S(N)(=O)=O)c2)n1N. The summed E-state index contributed by atoms with van der Waals surface area (Å²) >= 11 is 1.08. The van der Waals surface area contributed by atoms with Crippen LogP contribution in [0.3, 0.4) is 0 Å². The number of hydrogen-bond donors (Lipinski definition) is 3. The highest BCUT2D eigenvalue weighted by Crippen LogP contribution is 2.29. The van der Waals surface area contributed by atoms with Crippen LogP contribution in [-0.4, -0.2) is 42.1 Å². The number of carbonyl (C=O) groups excluding carboxylic acids is 1. The summed E-state index contributed by atoms with van der Waals surface area (Å²) in [6.45, 7) is 0. The van der Waals surface area contributed by atoms with Crippen molar-refractivity contribution in [1.29, 1.82) is 0 Å². The number of ether oxygens (including phenoxy) is 1. The number of benzene rings is 2. The molecule has 29 heavy (non-hydrogen) atoms. The quantitative estimate of drug-likeness (QED) is 0.368. The number of hydrogen-bond acceptors (Lipinski definition) is 8. The van der Waals surface area contributed by atoms with E-state index in [9.17, 15) is 13.2 Å². The summed E-state index contributed by atoms with van der Waals surface area (Å²) in [5.41, 5.74) is 0.979. The van der Waals surface area contributed by atoms with Gasteiger partial charge in [-0.15, -0.1) is 10.2 Å². The minimum Gasteiger partial charge on any atom is -0.496 e. The summed E-state index contributed by atoms with van der Waals surface area (Å²) in [6, 6.07) is 12.9. The summed E-state index contributed by atoms with van der Waals surface area (Å²) < 4.78 is 29.4. The van der Waals surface area contributed by atoms with Crippen LogP contribution in [0.1, 0.15) is 0 Å². The van der Waals surface area contributed by atoms with Gasteiger partial charge in [0.25, 0.3) is 0 Å². The Kier molecular flexibility index (Phi) is 6.06. The lowest BCUT2D eigenvalue weighted by Gasteiger charge is -2.08. The van der Waals surface area contributed by atoms with Gasteiger partial charge < -0.3 is 15.9 Å². The molecule has 0 bridgehead atoms. The van der Waals surface area contributed by atoms with Crippen LogP contribution in [0.2, 0.25) is 0 Å². The minimum atomic E-state index is -3.86. The van der Waals surface area contributed by atoms with Gasteiger partial charge in [-0.1, -0.05) is 30.0 Å². The van der Waals surface area contributed by atoms with Gasteiger partial charge in [-0.05, 0) is 30.3 Å². The average molecular weight is 435 g/mol. The molecule has 0 aliphatic heterocycles. The van der Waals surface area contributed by atoms with Crippen LogP contribution in [0.4, 0.5) is 5.69 Å². The van der Waals surface area contributed by atoms with E-state index in [1.54, 1.807) is 25.3 Å². The molecule has 0 atom stereocenters. The van der Waals surface area contributed by atoms with Crippen LogP contribution in [0.5, 0.6) is 5.75 Å². The number of nitrogens with two attached hydrogens (primary N) is 2. The Morgan fingerprint density at radius 1 is 1.21 bits per heavy atom. The number of sulfonamides is 1. The van der Waals surface area contributed by atoms with Crippen molar-refractivity contribution in [3.8, 4) is 17.1 Å². The van der Waals surface area contributed by atoms with Crippen molar-refractivity contribution in [1.82, 2.24) is 14.9 Å². The molecule has 5 N–H and O–H groups in total. The predicted octanol–water partition coefficient (Wildman–Crippen LogP) is 1.05. The fourth-order valence-corrected chi connectivity index (χ4v) is 3.68. The number of primary sulfonamides is 1. The van der Waals surface area contributed by atoms with E-state index in [0.29, 0.717) is 28.0 Å². The molecule has 1 aromatic heterocycles. The maximum atomic E-state index is 12.2. The molecule has 0 unspecified atom stereocenters. The molecule has 12 heteroatoms. The molecule has 1 amide bonds. The molecule has 10 nitrogen and oxygen atoms in total. The molecule has 0 radical (unpaired) electrons. The molecule has 2 aromatic carbocycles. The number of aromatic nitrogens is 3. The van der Waals surface area contributed by atoms with Gasteiger partial charge >= 0.3 is 0 Å². The minimum absolute atomic E-state index is 0.0130. The number of methoxy groups -OCH3 is 1. The number of para-hydroxylation sites is 1. The summed E-state index contributed by atoms with van der Waals surface area (Å²) in [5.74, 6) is 6.67. The smallest absolute Gasteiger partial charge is 0.238 e. The van der Waals surface area contributed by atoms with E-state index in [-0.39, 0.29) is 16.6 Å². The van der Waals surface area contributed by atoms with Crippen molar-refractivity contribution >= 4 is 33.4 Å². The summed E-state index contributed by atoms with van der Waals surface area (Å²) in [6.07, 6.45) is 0. The average Bonchev–Trinajstić information content (AvgIpc) is 3.06. The maximum Gasteiger partial charge on any atom is 0.238 e. The van der Waals surface area contributed by atoms with Gasteiger partial charge in [-0.2, -0.15) is 0 Å². The normalized spacial score (nSPS) is 11.2. The van der Waals surface area contributed by atoms with E-state index in [4.69, 9.17) is 15.7 Å². The van der Waals surface area contributed by atoms with Crippen molar-refractivity contribution in [3.05, 3.63) is 48.5 Å². The van der Waals surface area contributed by atoms with Crippen LogP contribution in [0.15, 0.2) is 58.6 Å². The first kappa shape index (κ1) is 20.6. The van der Waals surface area contributed by atoms with Gasteiger partial charge in [-0.3, -0.25) is 4.79 Å². The van der Waals surface area contributed by atoms with E-state index in [0.717, 1.165) is 11.8 Å². The van der Waals surface area contributed by atoms with Crippen LogP contribution in [0, 0.1) is 0 Å². The van der Waals surface area contributed by atoms with Crippen molar-refractivity contribution in [2.75, 3.05) is 24.0 Å². The molecule has 0 aliphatic rings. The van der Waals surface area contributed by atoms with Crippen LogP contribution >= 0.6 is 11.8 Å². The van der Waals surface area contributed by atoms with Crippen molar-refractivity contribution in [2.24, 2.45) is 5.14 Å². The Morgan fingerprint density at radius 2 is 1.97 bits per heavy atom. The first-order chi connectivity index (χ1) is 13.8. The molecule has 0 fully saturated rings. The molecule has 3 aromatic rings. The molecular weight excluding hydrogens is 416 g/mol. The van der Waals surface area contributed by atoms with Gasteiger partial charge in [0.2, 0.25) is 21.1 Å². The molecule has 0 saturated carbocycles. The second-order valence-corrected chi connectivity index (χ2v) is 8.29. The zero-order valence-electron chi connectivity index (χ0n) is 15.3. The Labute approximate surface area is 171 Å². The molecule has 152 valence electrons. The number of rotatable bonds is 7. The lowest BCUT2D eigenvalue weighted by Crippen LogP contribution is -2.17. The molecule has 0 aliphatic carbocycles. The summed E-state index contributed by atoms with van der Waals surface area (Å²) in [4.78, 5) is 12.1. The first-order valence-corrected chi connectivity index (χ1v) is 10.7. The Hall–Kier alpha value is -3.09. The van der Waals surface area contributed by atoms with Gasteiger partial charge in [0.1, 0.15) is 5.75 Å². The van der Waals surface area contributed by atoms with Gasteiger partial charge in [-0.25, -0.2) is 18.2 Å². The number of amides is 1. The fraction of sp³-hybridized carbons (Fsp3) is 0.118. The maximum absolute atomic E-state index is 12.2. The van der Waals surface area contributed by atoms with Gasteiger partial charge in [0, 0.05) is 5.69 Å². The fourth-order valence-electron chi connectivity index (χ4n) is 2.47. The van der Waals surface area contributed by atoms with Crippen molar-refractivity contribution in [3.63, 3.8) is 0 Å². The van der Waals surface area contributed by atoms with Crippen LogP contribution in [-0.2, 0) is 14.8 Å². The molecule has 3 rings (SSSR count). The van der Waals surface area contributed by atoms with Crippen molar-refractivity contribution < 1.29 is 17.9 Å². The summed E-state index contributed by atoms with van der Waals surface area (Å²) in [7, 11) is -2.31. The molecule has 1 heterocycles. The Morgan fingerprint density at radius 3 is 2.69 bits per heavy atom. The lowest BCUT2D eigenvalue weighted by atomic mass is 10.2. The zero-order chi connectivity index (χ0) is 21.0. The van der Waals surface area contributed by atoms with Gasteiger partial charge in [0.05, 0.1) is 23.3 Å². The van der Waals surface area contributed by atoms with E-state index in [2.05, 4.69) is 15.5 Å². The number of nitrogens with zero attached hydrogens (tertiary/aromatic N) is 3. The van der Waals surface area contributed by atoms with Crippen molar-refractivity contribution in [2.45, 2.75) is 10.1 Å². The Bertz CT molecular complexity index is 1150. The number of thioether (sulfide) groups is 1. The van der Waals surface area contributed by atoms with E-state index >= 15 is 0 Å². The second kappa shape index (κ2) is 8.51. The third kappa shape index (κ3) is 4.85. The predicted molar refractivity (Wildman–Crippen MR) is 109 cm³/mol. The monoisotopic (exact) mass is 434 g/mol. The van der Waals surface area contributed by atoms with E-state index in [1.807, 2.05) is 12.1 Å². The summed E-state index contributed by atoms with van der Waals surface area (Å²) in [5, 5.41) is 16.1. The third-order valence-electron chi connectivity index (χ3n) is 3.79. The molecular formula is C17H18N6O4S2. The molecule has 0 saturated heterocycles. The standard InChI is InChI=1S/C17H18N6O4S2/c1-27-14-8-3-2-7-13(14)16-21-22-17(23(16)18)28-10-15(24)20-11-5-4-6-12(9-11)29(19,25)26/h2-9H,10,18H2,1H3,(H,20,24)(H2,19,25,26). The highest BCUT2D eigenvalue weighted by atomic mass is 32.2. The number of nitrogens with one attached hydrogen (secondary N) is 1. The van der Waals surface area contributed by atoms with E-state index < -0.39 is 10.0 Å². The number of nitrogen functional groups attached to an aromatic ring is 1. The highest BCUT2D eigenvalue weighted by molar-refractivity contribution is 7.99. The first-order valence-electron chi connectivity index (χ1n) is 8.19. The Balaban J connectivity index is 1.68. The molecule has 0 spiro atoms. The van der Waals surface area contributed by atoms with E-state index in [1.165, 1.54) is 22.9 Å². The highest BCUT2D eigenvalue weighted by Gasteiger charge is 2.17. The second-order valence-electron chi connectivity index (χ2n) is 5.79. The van der Waals surface area contributed by atoms with Gasteiger partial charge in [0.15, 0.2) is 5.82 Å². The zero-order valence-corrected chi connectivity index (χ0v) is 16.9. The topological polar surface area (TPSA) is 155 Å². The van der Waals surface area contributed by atoms with Crippen LogP contribution in [0.25, 0.3) is 11.4 Å².